The first-order valence-corrected chi connectivity index (χ1v) is 8.28. The van der Waals surface area contributed by atoms with Crippen molar-refractivity contribution in [3.05, 3.63) is 35.0 Å². The second kappa shape index (κ2) is 8.20. The molecule has 1 aromatic rings. The number of aromatic nitrogens is 1. The summed E-state index contributed by atoms with van der Waals surface area (Å²) in [6, 6.07) is 2.27. The van der Waals surface area contributed by atoms with Gasteiger partial charge < -0.3 is 15.0 Å². The number of methoxy groups -OCH3 is 1. The highest BCUT2D eigenvalue weighted by atomic mass is 32.2. The normalized spacial score (nSPS) is 18.4. The summed E-state index contributed by atoms with van der Waals surface area (Å²) in [6.07, 6.45) is 4.04. The van der Waals surface area contributed by atoms with Gasteiger partial charge in [-0.1, -0.05) is 0 Å². The molecule has 0 aromatic carbocycles. The van der Waals surface area contributed by atoms with Gasteiger partial charge in [0.2, 0.25) is 0 Å². The van der Waals surface area contributed by atoms with Crippen LogP contribution in [0.2, 0.25) is 0 Å². The van der Waals surface area contributed by atoms with Crippen LogP contribution in [0.1, 0.15) is 23.2 Å². The molecule has 0 spiro atoms. The van der Waals surface area contributed by atoms with Gasteiger partial charge in [-0.05, 0) is 45.1 Å². The maximum atomic E-state index is 12.4. The fourth-order valence-electron chi connectivity index (χ4n) is 2.74. The second-order valence-corrected chi connectivity index (χ2v) is 6.85. The molecule has 2 heterocycles. The Morgan fingerprint density at radius 1 is 1.46 bits per heavy atom. The van der Waals surface area contributed by atoms with Crippen LogP contribution in [0.25, 0.3) is 0 Å². The van der Waals surface area contributed by atoms with E-state index in [0.717, 1.165) is 11.9 Å². The van der Waals surface area contributed by atoms with Crippen molar-refractivity contribution in [1.82, 2.24) is 15.2 Å². The molecule has 1 amide bonds. The monoisotopic (exact) mass is 352 g/mol. The van der Waals surface area contributed by atoms with E-state index in [2.05, 4.69) is 19.8 Å². The van der Waals surface area contributed by atoms with Crippen molar-refractivity contribution in [2.75, 3.05) is 27.2 Å². The molecule has 1 aliphatic heterocycles. The van der Waals surface area contributed by atoms with E-state index in [1.54, 1.807) is 18.3 Å². The maximum absolute atomic E-state index is 12.4. The Balaban J connectivity index is 2.27. The molecule has 8 nitrogen and oxygen atoms in total. The molecule has 1 aliphatic rings. The standard InChI is InChI=1S/C15H20N4O4S/c1-19-8-5-15(6-9-19,24-18-22)12(14(21)23-2)17-13(20)11-4-3-7-16-10-11/h3-4,7,10,12H,5-6,8-9H2,1-2H3,(H,17,20). The van der Waals surface area contributed by atoms with E-state index in [1.165, 1.54) is 13.3 Å². The number of nitrogens with zero attached hydrogens (tertiary/aromatic N) is 3. The second-order valence-electron chi connectivity index (χ2n) is 5.71. The first-order chi connectivity index (χ1) is 11.5. The fraction of sp³-hybridized carbons (Fsp3) is 0.533. The van der Waals surface area contributed by atoms with Crippen LogP contribution in [0.5, 0.6) is 0 Å². The highest BCUT2D eigenvalue weighted by molar-refractivity contribution is 7.99. The van der Waals surface area contributed by atoms with E-state index in [4.69, 9.17) is 4.74 Å². The first-order valence-electron chi connectivity index (χ1n) is 7.50. The van der Waals surface area contributed by atoms with Crippen LogP contribution >= 0.6 is 11.9 Å². The van der Waals surface area contributed by atoms with Crippen LogP contribution in [-0.4, -0.2) is 59.8 Å². The number of ether oxygens (including phenoxy) is 1. The molecule has 1 atom stereocenters. The number of nitrogens with one attached hydrogen (secondary N) is 1. The van der Waals surface area contributed by atoms with Gasteiger partial charge in [-0.25, -0.2) is 4.79 Å². The van der Waals surface area contributed by atoms with Crippen LogP contribution in [0.4, 0.5) is 0 Å². The summed E-state index contributed by atoms with van der Waals surface area (Å²) in [5, 5.41) is 2.70. The maximum Gasteiger partial charge on any atom is 0.329 e. The highest BCUT2D eigenvalue weighted by Crippen LogP contribution is 2.40. The Morgan fingerprint density at radius 3 is 2.71 bits per heavy atom. The van der Waals surface area contributed by atoms with Gasteiger partial charge >= 0.3 is 5.97 Å². The van der Waals surface area contributed by atoms with E-state index >= 15 is 0 Å². The third-order valence-corrected chi connectivity index (χ3v) is 5.30. The number of amides is 1. The molecule has 1 N–H and O–H groups in total. The van der Waals surface area contributed by atoms with Crippen molar-refractivity contribution in [3.8, 4) is 0 Å². The van der Waals surface area contributed by atoms with Crippen molar-refractivity contribution in [3.63, 3.8) is 0 Å². The molecular formula is C15H20N4O4S. The Kier molecular flexibility index (Phi) is 6.27. The van der Waals surface area contributed by atoms with Crippen LogP contribution in [0, 0.1) is 4.91 Å². The van der Waals surface area contributed by atoms with Gasteiger partial charge in [0.1, 0.15) is 6.04 Å². The third kappa shape index (κ3) is 4.09. The summed E-state index contributed by atoms with van der Waals surface area (Å²) in [4.78, 5) is 41.7. The minimum atomic E-state index is -0.966. The molecule has 0 aliphatic carbocycles. The van der Waals surface area contributed by atoms with E-state index in [-0.39, 0.29) is 0 Å². The predicted molar refractivity (Wildman–Crippen MR) is 90.4 cm³/mol. The number of carbonyl (C=O) groups is 2. The molecule has 24 heavy (non-hydrogen) atoms. The molecule has 1 fully saturated rings. The summed E-state index contributed by atoms with van der Waals surface area (Å²) >= 11 is 0.802. The highest BCUT2D eigenvalue weighted by Gasteiger charge is 2.48. The van der Waals surface area contributed by atoms with Crippen molar-refractivity contribution >= 4 is 23.8 Å². The molecule has 130 valence electrons. The van der Waals surface area contributed by atoms with E-state index in [1.807, 2.05) is 7.05 Å². The lowest BCUT2D eigenvalue weighted by molar-refractivity contribution is -0.144. The summed E-state index contributed by atoms with van der Waals surface area (Å²) in [5.41, 5.74) is 0.332. The average molecular weight is 352 g/mol. The van der Waals surface area contributed by atoms with Crippen LogP contribution < -0.4 is 5.32 Å². The van der Waals surface area contributed by atoms with Gasteiger partial charge in [0.05, 0.1) is 17.4 Å². The van der Waals surface area contributed by atoms with Gasteiger partial charge in [-0.2, -0.15) is 0 Å². The molecule has 0 saturated carbocycles. The average Bonchev–Trinajstić information content (AvgIpc) is 2.62. The zero-order valence-electron chi connectivity index (χ0n) is 13.6. The lowest BCUT2D eigenvalue weighted by atomic mass is 9.88. The molecule has 1 saturated heterocycles. The number of carbonyl (C=O) groups excluding carboxylic acids is 2. The summed E-state index contributed by atoms with van der Waals surface area (Å²) < 4.78 is 6.99. The quantitative estimate of drug-likeness (QED) is 0.467. The van der Waals surface area contributed by atoms with E-state index < -0.39 is 22.7 Å². The zero-order chi connectivity index (χ0) is 17.6. The van der Waals surface area contributed by atoms with Crippen molar-refractivity contribution in [2.24, 2.45) is 4.58 Å². The van der Waals surface area contributed by atoms with Gasteiger partial charge in [-0.3, -0.25) is 9.78 Å². The van der Waals surface area contributed by atoms with Gasteiger partial charge in [0.25, 0.3) is 5.91 Å². The Bertz CT molecular complexity index is 590. The minimum Gasteiger partial charge on any atom is -0.467 e. The Hall–Kier alpha value is -2.00. The molecule has 2 rings (SSSR count). The number of pyridine rings is 1. The molecular weight excluding hydrogens is 332 g/mol. The third-order valence-electron chi connectivity index (χ3n) is 4.21. The molecule has 9 heteroatoms. The predicted octanol–water partition coefficient (Wildman–Crippen LogP) is 1.23. The molecule has 1 unspecified atom stereocenters. The van der Waals surface area contributed by atoms with E-state index in [0.29, 0.717) is 31.5 Å². The Labute approximate surface area is 144 Å². The summed E-state index contributed by atoms with van der Waals surface area (Å²) in [7, 11) is 3.22. The van der Waals surface area contributed by atoms with E-state index in [9.17, 15) is 14.5 Å². The first kappa shape index (κ1) is 18.3. The molecule has 1 aromatic heterocycles. The lowest BCUT2D eigenvalue weighted by Gasteiger charge is -2.41. The number of likely N-dealkylation sites (tertiary alicyclic amines) is 1. The number of piperidine rings is 1. The Morgan fingerprint density at radius 2 is 2.17 bits per heavy atom. The molecule has 0 bridgehead atoms. The number of nitroso groups, excluding NO2 is 1. The van der Waals surface area contributed by atoms with Crippen molar-refractivity contribution in [2.45, 2.75) is 23.6 Å². The number of hydrogen-bond donors (Lipinski definition) is 1. The lowest BCUT2D eigenvalue weighted by Crippen LogP contribution is -2.59. The number of hydrogen-bond acceptors (Lipinski definition) is 8. The van der Waals surface area contributed by atoms with Crippen LogP contribution in [-0.2, 0) is 9.53 Å². The summed E-state index contributed by atoms with van der Waals surface area (Å²) in [6.45, 7) is 1.39. The number of rotatable bonds is 6. The van der Waals surface area contributed by atoms with Crippen LogP contribution in [0.15, 0.2) is 29.1 Å². The smallest absolute Gasteiger partial charge is 0.329 e. The SMILES string of the molecule is COC(=O)C(NC(=O)c1cccnc1)C1(SN=O)CCN(C)CC1. The zero-order valence-corrected chi connectivity index (χ0v) is 14.4. The van der Waals surface area contributed by atoms with Gasteiger partial charge in [-0.15, -0.1) is 4.91 Å². The van der Waals surface area contributed by atoms with Gasteiger partial charge in [0, 0.05) is 28.9 Å². The number of esters is 1. The van der Waals surface area contributed by atoms with Crippen molar-refractivity contribution in [1.29, 1.82) is 0 Å². The largest absolute Gasteiger partial charge is 0.467 e. The summed E-state index contributed by atoms with van der Waals surface area (Å²) in [5.74, 6) is -1.03. The van der Waals surface area contributed by atoms with Gasteiger partial charge in [0.15, 0.2) is 0 Å². The molecule has 0 radical (unpaired) electrons. The topological polar surface area (TPSA) is 101 Å². The van der Waals surface area contributed by atoms with Crippen molar-refractivity contribution < 1.29 is 14.3 Å². The van der Waals surface area contributed by atoms with Crippen LogP contribution in [0.3, 0.4) is 0 Å². The minimum absolute atomic E-state index is 0.332. The fourth-order valence-corrected chi connectivity index (χ4v) is 3.51.